The van der Waals surface area contributed by atoms with E-state index in [-0.39, 0.29) is 24.2 Å². The zero-order chi connectivity index (χ0) is 12.7. The summed E-state index contributed by atoms with van der Waals surface area (Å²) >= 11 is 0. The maximum Gasteiger partial charge on any atom is 0.311 e. The third-order valence-electron chi connectivity index (χ3n) is 2.47. The van der Waals surface area contributed by atoms with Crippen LogP contribution in [0.4, 0.5) is 0 Å². The van der Waals surface area contributed by atoms with Crippen LogP contribution in [0, 0.1) is 5.92 Å². The van der Waals surface area contributed by atoms with Gasteiger partial charge in [-0.25, -0.2) is 0 Å². The van der Waals surface area contributed by atoms with Crippen molar-refractivity contribution >= 4 is 12.2 Å². The number of rotatable bonds is 9. The van der Waals surface area contributed by atoms with Crippen molar-refractivity contribution in [3.05, 3.63) is 0 Å². The minimum atomic E-state index is -0.358. The first kappa shape index (κ1) is 14.1. The number of hydrogen-bond acceptors (Lipinski definition) is 5. The zero-order valence-electron chi connectivity index (χ0n) is 10.7. The number of hydrogen-bond donors (Lipinski definition) is 0. The van der Waals surface area contributed by atoms with Crippen molar-refractivity contribution in [2.45, 2.75) is 39.5 Å². The first-order valence-corrected chi connectivity index (χ1v) is 6.16. The molecule has 0 aromatic heterocycles. The summed E-state index contributed by atoms with van der Waals surface area (Å²) in [6.07, 6.45) is 1.89. The summed E-state index contributed by atoms with van der Waals surface area (Å²) in [7, 11) is 0. The summed E-state index contributed by atoms with van der Waals surface area (Å²) in [6.45, 7) is 7.11. The summed E-state index contributed by atoms with van der Waals surface area (Å²) in [4.78, 5) is 15.8. The topological polar surface area (TPSA) is 57.1 Å². The van der Waals surface area contributed by atoms with Crippen molar-refractivity contribution in [2.24, 2.45) is 10.9 Å². The van der Waals surface area contributed by atoms with Gasteiger partial charge in [-0.3, -0.25) is 9.79 Å². The molecule has 0 radical (unpaired) electrons. The van der Waals surface area contributed by atoms with Crippen LogP contribution in [0.2, 0.25) is 0 Å². The Balaban J connectivity index is 2.48. The van der Waals surface area contributed by atoms with Crippen LogP contribution in [0.25, 0.3) is 0 Å². The van der Waals surface area contributed by atoms with Gasteiger partial charge in [-0.2, -0.15) is 0 Å². The molecule has 0 N–H and O–H groups in total. The van der Waals surface area contributed by atoms with Crippen LogP contribution < -0.4 is 0 Å². The van der Waals surface area contributed by atoms with Gasteiger partial charge in [0.2, 0.25) is 0 Å². The molecule has 17 heavy (non-hydrogen) atoms. The molecule has 98 valence electrons. The number of aliphatic imine (C=N–C) groups is 1. The Kier molecular flexibility index (Phi) is 6.15. The van der Waals surface area contributed by atoms with Gasteiger partial charge in [-0.05, 0) is 20.8 Å². The minimum absolute atomic E-state index is 0.0301. The van der Waals surface area contributed by atoms with E-state index in [2.05, 4.69) is 4.99 Å². The molecule has 2 unspecified atom stereocenters. The summed E-state index contributed by atoms with van der Waals surface area (Å²) in [5.41, 5.74) is 0. The largest absolute Gasteiger partial charge is 0.466 e. The summed E-state index contributed by atoms with van der Waals surface area (Å²) in [5, 5.41) is 0. The van der Waals surface area contributed by atoms with E-state index in [1.807, 2.05) is 13.8 Å². The predicted octanol–water partition coefficient (Wildman–Crippen LogP) is 1.41. The van der Waals surface area contributed by atoms with Gasteiger partial charge in [0, 0.05) is 25.8 Å². The Morgan fingerprint density at radius 2 is 1.82 bits per heavy atom. The maximum atomic E-state index is 11.8. The Morgan fingerprint density at radius 3 is 2.24 bits per heavy atom. The first-order chi connectivity index (χ1) is 8.22. The Hall–Kier alpha value is -0.940. The molecule has 5 heteroatoms. The van der Waals surface area contributed by atoms with Crippen molar-refractivity contribution in [2.75, 3.05) is 19.8 Å². The van der Waals surface area contributed by atoms with Crippen molar-refractivity contribution in [3.63, 3.8) is 0 Å². The zero-order valence-corrected chi connectivity index (χ0v) is 10.7. The van der Waals surface area contributed by atoms with Crippen LogP contribution in [0.15, 0.2) is 4.99 Å². The van der Waals surface area contributed by atoms with Crippen LogP contribution >= 0.6 is 0 Å². The highest BCUT2D eigenvalue weighted by Gasteiger charge is 2.35. The van der Waals surface area contributed by atoms with E-state index in [1.165, 1.54) is 0 Å². The van der Waals surface area contributed by atoms with E-state index >= 15 is 0 Å². The van der Waals surface area contributed by atoms with Crippen LogP contribution in [-0.4, -0.2) is 44.3 Å². The Bertz CT molecular complexity index is 255. The minimum Gasteiger partial charge on any atom is -0.466 e. The Morgan fingerprint density at radius 1 is 1.24 bits per heavy atom. The molecule has 1 aliphatic heterocycles. The number of nitrogens with zero attached hydrogens (tertiary/aromatic N) is 1. The van der Waals surface area contributed by atoms with E-state index in [4.69, 9.17) is 14.2 Å². The highest BCUT2D eigenvalue weighted by molar-refractivity contribution is 5.87. The average molecular weight is 243 g/mol. The van der Waals surface area contributed by atoms with Crippen molar-refractivity contribution in [1.82, 2.24) is 0 Å². The Labute approximate surface area is 102 Å². The van der Waals surface area contributed by atoms with Gasteiger partial charge in [-0.1, -0.05) is 0 Å². The molecule has 0 amide bonds. The molecular formula is C12H21NO4. The number of ether oxygens (including phenoxy) is 3. The molecule has 2 atom stereocenters. The molecule has 0 aliphatic carbocycles. The van der Waals surface area contributed by atoms with Gasteiger partial charge in [0.25, 0.3) is 0 Å². The fourth-order valence-electron chi connectivity index (χ4n) is 1.65. The third-order valence-corrected chi connectivity index (χ3v) is 2.47. The second kappa shape index (κ2) is 7.40. The van der Waals surface area contributed by atoms with Gasteiger partial charge in [-0.15, -0.1) is 0 Å². The van der Waals surface area contributed by atoms with Crippen LogP contribution in [-0.2, 0) is 19.0 Å². The summed E-state index contributed by atoms with van der Waals surface area (Å²) in [6, 6.07) is -0.0301. The number of carbonyl (C=O) groups excluding carboxylic acids is 1. The molecular weight excluding hydrogens is 222 g/mol. The van der Waals surface area contributed by atoms with Gasteiger partial charge in [0.1, 0.15) is 0 Å². The molecule has 0 saturated carbocycles. The second-order valence-electron chi connectivity index (χ2n) is 3.72. The molecule has 0 fully saturated rings. The number of esters is 1. The highest BCUT2D eigenvalue weighted by Crippen LogP contribution is 2.23. The molecule has 0 spiro atoms. The van der Waals surface area contributed by atoms with Gasteiger partial charge in [0.15, 0.2) is 6.29 Å². The van der Waals surface area contributed by atoms with Crippen LogP contribution in [0.1, 0.15) is 27.2 Å². The lowest BCUT2D eigenvalue weighted by atomic mass is 10.0. The van der Waals surface area contributed by atoms with Gasteiger partial charge >= 0.3 is 5.97 Å². The summed E-state index contributed by atoms with van der Waals surface area (Å²) in [5.74, 6) is -0.502. The molecule has 0 bridgehead atoms. The normalized spacial score (nSPS) is 19.4. The first-order valence-electron chi connectivity index (χ1n) is 6.16. The van der Waals surface area contributed by atoms with Gasteiger partial charge in [0.05, 0.1) is 18.6 Å². The lowest BCUT2D eigenvalue weighted by molar-refractivity contribution is -0.164. The smallest absolute Gasteiger partial charge is 0.311 e. The van der Waals surface area contributed by atoms with E-state index in [0.717, 1.165) is 0 Å². The molecule has 5 nitrogen and oxygen atoms in total. The second-order valence-corrected chi connectivity index (χ2v) is 3.72. The molecule has 1 aliphatic rings. The van der Waals surface area contributed by atoms with Crippen molar-refractivity contribution in [3.8, 4) is 0 Å². The average Bonchev–Trinajstić information content (AvgIpc) is 3.10. The molecule has 0 saturated heterocycles. The van der Waals surface area contributed by atoms with Crippen molar-refractivity contribution in [1.29, 1.82) is 0 Å². The third kappa shape index (κ3) is 4.83. The van der Waals surface area contributed by atoms with Crippen LogP contribution in [0.5, 0.6) is 0 Å². The fourth-order valence-corrected chi connectivity index (χ4v) is 1.65. The SMILES string of the molecule is CCOC(=O)C(CC(OCC)OCC)C1C=N1. The predicted molar refractivity (Wildman–Crippen MR) is 64.1 cm³/mol. The monoisotopic (exact) mass is 243 g/mol. The van der Waals surface area contributed by atoms with E-state index in [1.54, 1.807) is 13.1 Å². The van der Waals surface area contributed by atoms with E-state index in [0.29, 0.717) is 26.2 Å². The summed E-state index contributed by atoms with van der Waals surface area (Å²) < 4.78 is 15.9. The van der Waals surface area contributed by atoms with E-state index in [9.17, 15) is 4.79 Å². The molecule has 0 aromatic rings. The van der Waals surface area contributed by atoms with Crippen molar-refractivity contribution < 1.29 is 19.0 Å². The van der Waals surface area contributed by atoms with Gasteiger partial charge < -0.3 is 14.2 Å². The standard InChI is InChI=1S/C12H21NO4/c1-4-15-11(16-5-2)7-9(10-8-13-10)12(14)17-6-3/h8-11H,4-7H2,1-3H3. The molecule has 1 rings (SSSR count). The highest BCUT2D eigenvalue weighted by atomic mass is 16.7. The maximum absolute atomic E-state index is 11.8. The quantitative estimate of drug-likeness (QED) is 0.454. The van der Waals surface area contributed by atoms with E-state index < -0.39 is 0 Å². The lowest BCUT2D eigenvalue weighted by Gasteiger charge is -2.21. The number of carbonyl (C=O) groups is 1. The molecule has 0 aromatic carbocycles. The fraction of sp³-hybridized carbons (Fsp3) is 0.833. The molecule has 1 heterocycles. The lowest BCUT2D eigenvalue weighted by Crippen LogP contribution is -2.30. The van der Waals surface area contributed by atoms with Crippen LogP contribution in [0.3, 0.4) is 0 Å².